The van der Waals surface area contributed by atoms with Crippen molar-refractivity contribution in [3.05, 3.63) is 58.0 Å². The highest BCUT2D eigenvalue weighted by atomic mass is 35.5. The van der Waals surface area contributed by atoms with Gasteiger partial charge in [-0.05, 0) is 37.6 Å². The van der Waals surface area contributed by atoms with Gasteiger partial charge in [-0.2, -0.15) is 0 Å². The molecule has 1 heterocycles. The Hall–Kier alpha value is -0.960. The minimum absolute atomic E-state index is 0.373. The molecule has 0 saturated heterocycles. The molecular formula is C15H17Cl2NO. The zero-order valence-electron chi connectivity index (χ0n) is 10.8. The minimum atomic E-state index is 0.373. The summed E-state index contributed by atoms with van der Waals surface area (Å²) in [6.45, 7) is 2.82. The summed E-state index contributed by atoms with van der Waals surface area (Å²) in [6, 6.07) is 9.86. The lowest BCUT2D eigenvalue weighted by molar-refractivity contribution is 0.460. The summed E-state index contributed by atoms with van der Waals surface area (Å²) in [5.74, 6) is 1.02. The van der Waals surface area contributed by atoms with E-state index < -0.39 is 0 Å². The lowest BCUT2D eigenvalue weighted by Crippen LogP contribution is -2.26. The second-order valence-corrected chi connectivity index (χ2v) is 5.41. The zero-order chi connectivity index (χ0) is 13.7. The average Bonchev–Trinajstić information content (AvgIpc) is 2.89. The number of halogens is 2. The van der Waals surface area contributed by atoms with Crippen molar-refractivity contribution in [2.24, 2.45) is 0 Å². The van der Waals surface area contributed by atoms with Crippen LogP contribution in [0.25, 0.3) is 0 Å². The van der Waals surface area contributed by atoms with E-state index in [2.05, 4.69) is 12.2 Å². The van der Waals surface area contributed by atoms with Gasteiger partial charge < -0.3 is 9.73 Å². The highest BCUT2D eigenvalue weighted by molar-refractivity contribution is 6.35. The van der Waals surface area contributed by atoms with Gasteiger partial charge in [0.15, 0.2) is 0 Å². The second kappa shape index (κ2) is 6.99. The molecule has 19 heavy (non-hydrogen) atoms. The Balaban J connectivity index is 1.81. The molecule has 102 valence electrons. The molecule has 2 nitrogen and oxygen atoms in total. The van der Waals surface area contributed by atoms with Crippen LogP contribution in [0.15, 0.2) is 41.0 Å². The topological polar surface area (TPSA) is 25.2 Å². The van der Waals surface area contributed by atoms with Gasteiger partial charge in [0.1, 0.15) is 5.76 Å². The van der Waals surface area contributed by atoms with Gasteiger partial charge in [0.05, 0.1) is 6.26 Å². The third kappa shape index (κ3) is 4.27. The van der Waals surface area contributed by atoms with Crippen LogP contribution in [0, 0.1) is 0 Å². The number of benzene rings is 1. The molecule has 0 fully saturated rings. The second-order valence-electron chi connectivity index (χ2n) is 4.60. The third-order valence-electron chi connectivity index (χ3n) is 3.09. The number of rotatable bonds is 6. The molecule has 1 aromatic carbocycles. The van der Waals surface area contributed by atoms with Crippen LogP contribution in [0.3, 0.4) is 0 Å². The molecule has 0 aliphatic carbocycles. The highest BCUT2D eigenvalue weighted by Gasteiger charge is 2.08. The maximum atomic E-state index is 6.13. The summed E-state index contributed by atoms with van der Waals surface area (Å²) >= 11 is 12.3. The quantitative estimate of drug-likeness (QED) is 0.836. The van der Waals surface area contributed by atoms with Crippen molar-refractivity contribution >= 4 is 23.2 Å². The van der Waals surface area contributed by atoms with E-state index in [-0.39, 0.29) is 0 Å². The summed E-state index contributed by atoms with van der Waals surface area (Å²) in [5, 5.41) is 4.85. The average molecular weight is 298 g/mol. The van der Waals surface area contributed by atoms with Gasteiger partial charge in [0, 0.05) is 34.6 Å². The Labute approximate surface area is 123 Å². The molecule has 0 aliphatic heterocycles. The summed E-state index contributed by atoms with van der Waals surface area (Å²) < 4.78 is 5.31. The third-order valence-corrected chi connectivity index (χ3v) is 3.80. The van der Waals surface area contributed by atoms with Crippen molar-refractivity contribution in [3.8, 4) is 0 Å². The maximum Gasteiger partial charge on any atom is 0.103 e. The fourth-order valence-corrected chi connectivity index (χ4v) is 2.42. The molecule has 1 unspecified atom stereocenters. The first-order valence-electron chi connectivity index (χ1n) is 6.35. The predicted octanol–water partition coefficient (Wildman–Crippen LogP) is 4.70. The van der Waals surface area contributed by atoms with Gasteiger partial charge in [-0.3, -0.25) is 0 Å². The van der Waals surface area contributed by atoms with E-state index in [1.54, 1.807) is 6.26 Å². The molecule has 0 aliphatic rings. The SMILES string of the molecule is CC(CCc1ccco1)NCc1c(Cl)cccc1Cl. The van der Waals surface area contributed by atoms with Crippen LogP contribution in [0.5, 0.6) is 0 Å². The first kappa shape index (κ1) is 14.4. The fourth-order valence-electron chi connectivity index (χ4n) is 1.89. The standard InChI is InChI=1S/C15H17Cl2NO/c1-11(7-8-12-4-3-9-19-12)18-10-13-14(16)5-2-6-15(13)17/h2-6,9,11,18H,7-8,10H2,1H3. The molecule has 1 aromatic heterocycles. The lowest BCUT2D eigenvalue weighted by atomic mass is 10.1. The van der Waals surface area contributed by atoms with Crippen LogP contribution in [0.1, 0.15) is 24.7 Å². The number of furan rings is 1. The smallest absolute Gasteiger partial charge is 0.103 e. The first-order valence-corrected chi connectivity index (χ1v) is 7.11. The fraction of sp³-hybridized carbons (Fsp3) is 0.333. The number of hydrogen-bond donors (Lipinski definition) is 1. The van der Waals surface area contributed by atoms with Crippen LogP contribution >= 0.6 is 23.2 Å². The largest absolute Gasteiger partial charge is 0.469 e. The molecule has 0 radical (unpaired) electrons. The van der Waals surface area contributed by atoms with Crippen molar-refractivity contribution in [2.75, 3.05) is 0 Å². The summed E-state index contributed by atoms with van der Waals surface area (Å²) in [7, 11) is 0. The van der Waals surface area contributed by atoms with Gasteiger partial charge in [-0.15, -0.1) is 0 Å². The summed E-state index contributed by atoms with van der Waals surface area (Å²) in [4.78, 5) is 0. The van der Waals surface area contributed by atoms with Crippen molar-refractivity contribution in [2.45, 2.75) is 32.4 Å². The van der Waals surface area contributed by atoms with E-state index in [1.807, 2.05) is 30.3 Å². The molecule has 2 rings (SSSR count). The van der Waals surface area contributed by atoms with Gasteiger partial charge in [0.25, 0.3) is 0 Å². The van der Waals surface area contributed by atoms with E-state index in [0.717, 1.165) is 24.2 Å². The molecule has 0 saturated carbocycles. The normalized spacial score (nSPS) is 12.6. The Kier molecular flexibility index (Phi) is 5.32. The molecule has 0 amide bonds. The Morgan fingerprint density at radius 1 is 1.16 bits per heavy atom. The molecule has 2 aromatic rings. The lowest BCUT2D eigenvalue weighted by Gasteiger charge is -2.14. The van der Waals surface area contributed by atoms with E-state index >= 15 is 0 Å². The van der Waals surface area contributed by atoms with E-state index in [9.17, 15) is 0 Å². The Bertz CT molecular complexity index is 491. The summed E-state index contributed by atoms with van der Waals surface area (Å²) in [6.07, 6.45) is 3.64. The maximum absolute atomic E-state index is 6.13. The molecule has 1 N–H and O–H groups in total. The molecule has 0 bridgehead atoms. The van der Waals surface area contributed by atoms with E-state index in [1.165, 1.54) is 0 Å². The van der Waals surface area contributed by atoms with Crippen molar-refractivity contribution in [1.29, 1.82) is 0 Å². The number of hydrogen-bond acceptors (Lipinski definition) is 2. The van der Waals surface area contributed by atoms with Crippen LogP contribution in [-0.2, 0) is 13.0 Å². The van der Waals surface area contributed by atoms with Crippen LogP contribution in [0.2, 0.25) is 10.0 Å². The number of nitrogens with one attached hydrogen (secondary N) is 1. The van der Waals surface area contributed by atoms with Gasteiger partial charge in [0.2, 0.25) is 0 Å². The van der Waals surface area contributed by atoms with E-state index in [4.69, 9.17) is 27.6 Å². The predicted molar refractivity (Wildman–Crippen MR) is 79.8 cm³/mol. The van der Waals surface area contributed by atoms with Crippen molar-refractivity contribution in [3.63, 3.8) is 0 Å². The minimum Gasteiger partial charge on any atom is -0.469 e. The Morgan fingerprint density at radius 3 is 2.53 bits per heavy atom. The van der Waals surface area contributed by atoms with Gasteiger partial charge >= 0.3 is 0 Å². The van der Waals surface area contributed by atoms with Crippen molar-refractivity contribution < 1.29 is 4.42 Å². The highest BCUT2D eigenvalue weighted by Crippen LogP contribution is 2.24. The molecule has 4 heteroatoms. The Morgan fingerprint density at radius 2 is 1.89 bits per heavy atom. The van der Waals surface area contributed by atoms with Gasteiger partial charge in [-0.25, -0.2) is 0 Å². The monoisotopic (exact) mass is 297 g/mol. The number of aryl methyl sites for hydroxylation is 1. The van der Waals surface area contributed by atoms with Crippen LogP contribution < -0.4 is 5.32 Å². The summed E-state index contributed by atoms with van der Waals surface area (Å²) in [5.41, 5.74) is 0.954. The van der Waals surface area contributed by atoms with E-state index in [0.29, 0.717) is 22.6 Å². The van der Waals surface area contributed by atoms with Crippen molar-refractivity contribution in [1.82, 2.24) is 5.32 Å². The van der Waals surface area contributed by atoms with Crippen LogP contribution in [-0.4, -0.2) is 6.04 Å². The first-order chi connectivity index (χ1) is 9.16. The van der Waals surface area contributed by atoms with Gasteiger partial charge in [-0.1, -0.05) is 29.3 Å². The van der Waals surface area contributed by atoms with Crippen LogP contribution in [0.4, 0.5) is 0 Å². The zero-order valence-corrected chi connectivity index (χ0v) is 12.3. The molecule has 0 spiro atoms. The molecule has 1 atom stereocenters. The molecular weight excluding hydrogens is 281 g/mol.